The van der Waals surface area contributed by atoms with Crippen LogP contribution in [0.25, 0.3) is 0 Å². The van der Waals surface area contributed by atoms with Gasteiger partial charge in [-0.15, -0.1) is 12.4 Å². The fraction of sp³-hybridized carbons (Fsp3) is 0.625. The summed E-state index contributed by atoms with van der Waals surface area (Å²) in [4.78, 5) is 7.13. The smallest absolute Gasteiger partial charge is 0.106 e. The van der Waals surface area contributed by atoms with Crippen LogP contribution in [0.5, 0.6) is 0 Å². The molecular weight excluding hydrogens is 190 g/mol. The van der Waals surface area contributed by atoms with Crippen LogP contribution in [0.3, 0.4) is 0 Å². The Morgan fingerprint density at radius 3 is 2.85 bits per heavy atom. The van der Waals surface area contributed by atoms with Gasteiger partial charge in [0, 0.05) is 6.42 Å². The summed E-state index contributed by atoms with van der Waals surface area (Å²) < 4.78 is 0. The lowest BCUT2D eigenvalue weighted by molar-refractivity contribution is 0.194. The minimum Gasteiger partial charge on any atom is -0.387 e. The summed E-state index contributed by atoms with van der Waals surface area (Å²) >= 11 is 0. The zero-order chi connectivity index (χ0) is 8.97. The Morgan fingerprint density at radius 1 is 1.69 bits per heavy atom. The first-order valence-electron chi connectivity index (χ1n) is 4.16. The monoisotopic (exact) mass is 205 g/mol. The Morgan fingerprint density at radius 2 is 2.38 bits per heavy atom. The Hall–Kier alpha value is -0.580. The topological polar surface area (TPSA) is 74.9 Å². The molecule has 76 valence electrons. The molecular formula is C8H16ClN3O. The Balaban J connectivity index is 0.00000144. The molecule has 0 aliphatic heterocycles. The zero-order valence-corrected chi connectivity index (χ0v) is 8.47. The van der Waals surface area contributed by atoms with E-state index in [0.29, 0.717) is 6.54 Å². The fourth-order valence-corrected chi connectivity index (χ4v) is 0.987. The number of nitrogens with two attached hydrogens (primary N) is 1. The molecule has 5 heteroatoms. The lowest BCUT2D eigenvalue weighted by Crippen LogP contribution is -2.01. The van der Waals surface area contributed by atoms with Crippen molar-refractivity contribution < 1.29 is 5.11 Å². The molecule has 0 saturated carbocycles. The van der Waals surface area contributed by atoms with Crippen LogP contribution in [-0.2, 0) is 6.42 Å². The molecule has 0 aliphatic carbocycles. The number of hydrogen-bond acceptors (Lipinski definition) is 3. The van der Waals surface area contributed by atoms with E-state index in [4.69, 9.17) is 10.8 Å². The van der Waals surface area contributed by atoms with E-state index in [0.717, 1.165) is 24.4 Å². The second-order valence-electron chi connectivity index (χ2n) is 2.85. The van der Waals surface area contributed by atoms with Crippen molar-refractivity contribution in [2.45, 2.75) is 25.9 Å². The highest BCUT2D eigenvalue weighted by Crippen LogP contribution is 2.08. The highest BCUT2D eigenvalue weighted by molar-refractivity contribution is 5.85. The van der Waals surface area contributed by atoms with Crippen molar-refractivity contribution in [2.75, 3.05) is 6.54 Å². The van der Waals surface area contributed by atoms with Gasteiger partial charge in [0.15, 0.2) is 0 Å². The van der Waals surface area contributed by atoms with Crippen molar-refractivity contribution >= 4 is 12.4 Å². The van der Waals surface area contributed by atoms with Gasteiger partial charge in [-0.1, -0.05) is 0 Å². The van der Waals surface area contributed by atoms with Crippen LogP contribution in [0, 0.1) is 0 Å². The molecule has 0 amide bonds. The highest BCUT2D eigenvalue weighted by Gasteiger charge is 2.04. The van der Waals surface area contributed by atoms with Gasteiger partial charge in [0.05, 0.1) is 18.0 Å². The van der Waals surface area contributed by atoms with Crippen LogP contribution in [0.4, 0.5) is 0 Å². The van der Waals surface area contributed by atoms with Crippen molar-refractivity contribution in [1.29, 1.82) is 0 Å². The molecule has 1 aromatic heterocycles. The summed E-state index contributed by atoms with van der Waals surface area (Å²) in [6, 6.07) is 0. The van der Waals surface area contributed by atoms with Crippen molar-refractivity contribution in [3.05, 3.63) is 17.7 Å². The number of hydrogen-bond donors (Lipinski definition) is 3. The predicted molar refractivity (Wildman–Crippen MR) is 53.8 cm³/mol. The van der Waals surface area contributed by atoms with Gasteiger partial charge >= 0.3 is 0 Å². The van der Waals surface area contributed by atoms with Gasteiger partial charge in [-0.05, 0) is 19.9 Å². The van der Waals surface area contributed by atoms with Crippen LogP contribution in [0.1, 0.15) is 31.0 Å². The van der Waals surface area contributed by atoms with Gasteiger partial charge in [0.1, 0.15) is 5.82 Å². The van der Waals surface area contributed by atoms with Gasteiger partial charge in [-0.25, -0.2) is 4.98 Å². The summed E-state index contributed by atoms with van der Waals surface area (Å²) in [7, 11) is 0. The maximum atomic E-state index is 9.17. The first-order valence-corrected chi connectivity index (χ1v) is 4.16. The van der Waals surface area contributed by atoms with Gasteiger partial charge in [0.2, 0.25) is 0 Å². The minimum absolute atomic E-state index is 0. The quantitative estimate of drug-likeness (QED) is 0.680. The molecule has 0 aliphatic rings. The van der Waals surface area contributed by atoms with Crippen molar-refractivity contribution in [3.63, 3.8) is 0 Å². The van der Waals surface area contributed by atoms with Crippen LogP contribution in [0.15, 0.2) is 6.20 Å². The van der Waals surface area contributed by atoms with Gasteiger partial charge < -0.3 is 15.8 Å². The summed E-state index contributed by atoms with van der Waals surface area (Å²) in [6.45, 7) is 2.38. The number of aromatic nitrogens is 2. The first-order chi connectivity index (χ1) is 5.74. The van der Waals surface area contributed by atoms with E-state index in [1.165, 1.54) is 0 Å². The average molecular weight is 206 g/mol. The Kier molecular flexibility index (Phi) is 5.70. The largest absolute Gasteiger partial charge is 0.387 e. The van der Waals surface area contributed by atoms with Crippen molar-refractivity contribution in [2.24, 2.45) is 5.73 Å². The number of imidazole rings is 1. The van der Waals surface area contributed by atoms with Crippen LogP contribution < -0.4 is 5.73 Å². The van der Waals surface area contributed by atoms with Gasteiger partial charge in [-0.3, -0.25) is 0 Å². The summed E-state index contributed by atoms with van der Waals surface area (Å²) in [5.41, 5.74) is 6.12. The Labute approximate surface area is 84.0 Å². The molecule has 4 N–H and O–H groups in total. The third-order valence-electron chi connectivity index (χ3n) is 1.72. The predicted octanol–water partition coefficient (Wildman–Crippen LogP) is 0.776. The number of aryl methyl sites for hydroxylation is 1. The molecule has 0 spiro atoms. The standard InChI is InChI=1S/C8H15N3O.ClH/c1-6(12)7-5-10-8(11-7)3-2-4-9;/h5-6,12H,2-4,9H2,1H3,(H,10,11);1H. The maximum Gasteiger partial charge on any atom is 0.106 e. The van der Waals surface area contributed by atoms with E-state index in [1.807, 2.05) is 0 Å². The summed E-state index contributed by atoms with van der Waals surface area (Å²) in [5, 5.41) is 9.17. The number of halogens is 1. The van der Waals surface area contributed by atoms with Crippen molar-refractivity contribution in [1.82, 2.24) is 9.97 Å². The number of aliphatic hydroxyl groups is 1. The number of aromatic amines is 1. The van der Waals surface area contributed by atoms with Crippen LogP contribution in [-0.4, -0.2) is 21.6 Å². The number of nitrogens with one attached hydrogen (secondary N) is 1. The van der Waals surface area contributed by atoms with Gasteiger partial charge in [0.25, 0.3) is 0 Å². The number of rotatable bonds is 4. The lowest BCUT2D eigenvalue weighted by Gasteiger charge is -1.97. The van der Waals surface area contributed by atoms with E-state index in [2.05, 4.69) is 9.97 Å². The second-order valence-corrected chi connectivity index (χ2v) is 2.85. The van der Waals surface area contributed by atoms with Crippen LogP contribution >= 0.6 is 12.4 Å². The maximum absolute atomic E-state index is 9.17. The number of aliphatic hydroxyl groups excluding tert-OH is 1. The van der Waals surface area contributed by atoms with Crippen LogP contribution in [0.2, 0.25) is 0 Å². The van der Waals surface area contributed by atoms with Gasteiger partial charge in [-0.2, -0.15) is 0 Å². The van der Waals surface area contributed by atoms with E-state index in [-0.39, 0.29) is 12.4 Å². The summed E-state index contributed by atoms with van der Waals surface area (Å²) in [5.74, 6) is 0.899. The summed E-state index contributed by atoms with van der Waals surface area (Å²) in [6.07, 6.45) is 2.97. The third-order valence-corrected chi connectivity index (χ3v) is 1.72. The molecule has 1 atom stereocenters. The second kappa shape index (κ2) is 5.96. The molecule has 1 aromatic rings. The molecule has 1 unspecified atom stereocenters. The molecule has 0 saturated heterocycles. The van der Waals surface area contributed by atoms with Crippen molar-refractivity contribution in [3.8, 4) is 0 Å². The first kappa shape index (κ1) is 12.4. The average Bonchev–Trinajstić information content (AvgIpc) is 2.48. The molecule has 13 heavy (non-hydrogen) atoms. The molecule has 0 bridgehead atoms. The molecule has 1 rings (SSSR count). The highest BCUT2D eigenvalue weighted by atomic mass is 35.5. The molecule has 0 fully saturated rings. The molecule has 0 radical (unpaired) electrons. The fourth-order valence-electron chi connectivity index (χ4n) is 0.987. The SMILES string of the molecule is CC(O)c1cnc(CCCN)[nH]1.Cl. The molecule has 4 nitrogen and oxygen atoms in total. The third kappa shape index (κ3) is 3.76. The van der Waals surface area contributed by atoms with E-state index >= 15 is 0 Å². The molecule has 0 aromatic carbocycles. The normalized spacial score (nSPS) is 12.2. The van der Waals surface area contributed by atoms with E-state index in [1.54, 1.807) is 13.1 Å². The van der Waals surface area contributed by atoms with E-state index in [9.17, 15) is 0 Å². The Bertz CT molecular complexity index is 237. The lowest BCUT2D eigenvalue weighted by atomic mass is 10.3. The minimum atomic E-state index is -0.468. The zero-order valence-electron chi connectivity index (χ0n) is 7.66. The van der Waals surface area contributed by atoms with E-state index < -0.39 is 6.10 Å². The number of H-pyrrole nitrogens is 1. The molecule has 1 heterocycles. The number of nitrogens with zero attached hydrogens (tertiary/aromatic N) is 1.